The molecule has 0 heterocycles. The molecule has 0 aromatic heterocycles. The molecule has 0 N–H and O–H groups in total. The van der Waals surface area contributed by atoms with Crippen molar-refractivity contribution in [3.63, 3.8) is 0 Å². The van der Waals surface area contributed by atoms with Gasteiger partial charge in [0.15, 0.2) is 0 Å². The largest absolute Gasteiger partial charge is 1.00 e. The second kappa shape index (κ2) is 21.7. The third kappa shape index (κ3) is 17.8. The first-order chi connectivity index (χ1) is 12.2. The zero-order chi connectivity index (χ0) is 18.8. The van der Waals surface area contributed by atoms with Crippen LogP contribution >= 0.6 is 0 Å². The molecule has 0 saturated heterocycles. The van der Waals surface area contributed by atoms with Crippen LogP contribution in [-0.2, 0) is 4.79 Å². The van der Waals surface area contributed by atoms with Gasteiger partial charge in [-0.15, -0.1) is 0 Å². The van der Waals surface area contributed by atoms with Gasteiger partial charge in [-0.3, -0.25) is 0 Å². The SMILES string of the molecule is CCCCCCCCN(CCCCCCCC)C(CCC)CC(=O)[O-].[Na+]. The Bertz CT molecular complexity index is 284. The maximum Gasteiger partial charge on any atom is 1.00 e. The summed E-state index contributed by atoms with van der Waals surface area (Å²) in [4.78, 5) is 13.6. The van der Waals surface area contributed by atoms with Crippen molar-refractivity contribution in [1.29, 1.82) is 0 Å². The maximum absolute atomic E-state index is 11.1. The fourth-order valence-electron chi connectivity index (χ4n) is 3.61. The smallest absolute Gasteiger partial charge is 0.550 e. The standard InChI is InChI=1S/C22H45NO2.Na/c1-4-7-9-11-13-15-18-23(19-16-14-12-10-8-5-2)21(17-6-3)20-22(24)25;/h21H,4-20H2,1-3H3,(H,24,25);/q;+1/p-1. The third-order valence-corrected chi connectivity index (χ3v) is 5.14. The van der Waals surface area contributed by atoms with Crippen LogP contribution in [0.4, 0.5) is 0 Å². The van der Waals surface area contributed by atoms with Gasteiger partial charge in [-0.25, -0.2) is 0 Å². The Morgan fingerprint density at radius 1 is 0.731 bits per heavy atom. The van der Waals surface area contributed by atoms with Gasteiger partial charge in [-0.2, -0.15) is 0 Å². The van der Waals surface area contributed by atoms with Gasteiger partial charge < -0.3 is 14.8 Å². The van der Waals surface area contributed by atoms with Crippen LogP contribution in [0.15, 0.2) is 0 Å². The molecular weight excluding hydrogens is 333 g/mol. The van der Waals surface area contributed by atoms with Crippen molar-refractivity contribution in [2.24, 2.45) is 0 Å². The number of hydrogen-bond acceptors (Lipinski definition) is 3. The van der Waals surface area contributed by atoms with Gasteiger partial charge >= 0.3 is 29.6 Å². The van der Waals surface area contributed by atoms with Crippen molar-refractivity contribution in [3.05, 3.63) is 0 Å². The number of carbonyl (C=O) groups is 1. The molecule has 1 unspecified atom stereocenters. The minimum atomic E-state index is -0.894. The van der Waals surface area contributed by atoms with Crippen LogP contribution in [0.2, 0.25) is 0 Å². The van der Waals surface area contributed by atoms with E-state index in [9.17, 15) is 9.90 Å². The van der Waals surface area contributed by atoms with Crippen molar-refractivity contribution >= 4 is 5.97 Å². The maximum atomic E-state index is 11.1. The van der Waals surface area contributed by atoms with Crippen LogP contribution in [0.3, 0.4) is 0 Å². The van der Waals surface area contributed by atoms with Crippen LogP contribution in [0.5, 0.6) is 0 Å². The van der Waals surface area contributed by atoms with E-state index in [4.69, 9.17) is 0 Å². The van der Waals surface area contributed by atoms with Crippen LogP contribution in [-0.4, -0.2) is 30.0 Å². The summed E-state index contributed by atoms with van der Waals surface area (Å²) >= 11 is 0. The molecule has 0 rings (SSSR count). The van der Waals surface area contributed by atoms with Crippen molar-refractivity contribution in [1.82, 2.24) is 4.90 Å². The molecule has 0 bridgehead atoms. The summed E-state index contributed by atoms with van der Waals surface area (Å²) in [7, 11) is 0. The molecule has 0 spiro atoms. The molecule has 4 heteroatoms. The van der Waals surface area contributed by atoms with Crippen molar-refractivity contribution in [3.8, 4) is 0 Å². The molecule has 0 aromatic rings. The number of nitrogens with zero attached hydrogens (tertiary/aromatic N) is 1. The Labute approximate surface area is 186 Å². The Kier molecular flexibility index (Phi) is 23.9. The number of rotatable bonds is 19. The molecule has 26 heavy (non-hydrogen) atoms. The van der Waals surface area contributed by atoms with E-state index >= 15 is 0 Å². The van der Waals surface area contributed by atoms with Crippen molar-refractivity contribution in [2.75, 3.05) is 13.1 Å². The molecule has 3 nitrogen and oxygen atoms in total. The Morgan fingerprint density at radius 2 is 1.15 bits per heavy atom. The molecular formula is C22H44NNaO2. The molecule has 0 aromatic carbocycles. The first kappa shape index (κ1) is 28.6. The Balaban J connectivity index is 0. The summed E-state index contributed by atoms with van der Waals surface area (Å²) in [6.45, 7) is 8.75. The van der Waals surface area contributed by atoms with Gasteiger partial charge in [-0.1, -0.05) is 91.4 Å². The Hall–Kier alpha value is 0.430. The first-order valence-corrected chi connectivity index (χ1v) is 11.1. The number of unbranched alkanes of at least 4 members (excludes halogenated alkanes) is 10. The van der Waals surface area contributed by atoms with Gasteiger partial charge in [0.2, 0.25) is 0 Å². The Morgan fingerprint density at radius 3 is 1.54 bits per heavy atom. The average molecular weight is 378 g/mol. The molecule has 0 amide bonds. The zero-order valence-electron chi connectivity index (χ0n) is 18.4. The molecule has 0 aliphatic heterocycles. The molecule has 0 aliphatic rings. The number of carbonyl (C=O) groups excluding carboxylic acids is 1. The monoisotopic (exact) mass is 377 g/mol. The number of carboxylic acids is 1. The third-order valence-electron chi connectivity index (χ3n) is 5.14. The van der Waals surface area contributed by atoms with Crippen LogP contribution < -0.4 is 34.7 Å². The molecule has 0 saturated carbocycles. The van der Waals surface area contributed by atoms with E-state index in [0.29, 0.717) is 0 Å². The van der Waals surface area contributed by atoms with Gasteiger partial charge in [0, 0.05) is 18.4 Å². The number of aliphatic carboxylic acids is 1. The van der Waals surface area contributed by atoms with E-state index in [1.165, 1.54) is 77.0 Å². The van der Waals surface area contributed by atoms with E-state index in [0.717, 1.165) is 25.9 Å². The fraction of sp³-hybridized carbons (Fsp3) is 0.955. The first-order valence-electron chi connectivity index (χ1n) is 11.1. The number of carboxylic acid groups (broad SMARTS) is 1. The van der Waals surface area contributed by atoms with E-state index in [2.05, 4.69) is 25.7 Å². The quantitative estimate of drug-likeness (QED) is 0.256. The van der Waals surface area contributed by atoms with Gasteiger partial charge in [0.25, 0.3) is 0 Å². The minimum absolute atomic E-state index is 0. The topological polar surface area (TPSA) is 43.4 Å². The molecule has 0 fully saturated rings. The van der Waals surface area contributed by atoms with Crippen molar-refractivity contribution < 1.29 is 39.5 Å². The van der Waals surface area contributed by atoms with Crippen molar-refractivity contribution in [2.45, 2.75) is 123 Å². The molecule has 1 atom stereocenters. The zero-order valence-corrected chi connectivity index (χ0v) is 20.4. The summed E-state index contributed by atoms with van der Waals surface area (Å²) in [6, 6.07) is 0.168. The van der Waals surface area contributed by atoms with Crippen LogP contribution in [0.25, 0.3) is 0 Å². The summed E-state index contributed by atoms with van der Waals surface area (Å²) in [5.41, 5.74) is 0. The van der Waals surface area contributed by atoms with E-state index in [1.54, 1.807) is 0 Å². The molecule has 150 valence electrons. The predicted octanol–water partition coefficient (Wildman–Crippen LogP) is 2.32. The van der Waals surface area contributed by atoms with E-state index < -0.39 is 5.97 Å². The van der Waals surface area contributed by atoms with Gasteiger partial charge in [0.05, 0.1) is 0 Å². The van der Waals surface area contributed by atoms with E-state index in [-0.39, 0.29) is 42.0 Å². The molecule has 0 aliphatic carbocycles. The summed E-state index contributed by atoms with van der Waals surface area (Å²) in [6.07, 6.45) is 17.7. The summed E-state index contributed by atoms with van der Waals surface area (Å²) in [5, 5.41) is 11.1. The molecule has 0 radical (unpaired) electrons. The van der Waals surface area contributed by atoms with Crippen LogP contribution in [0.1, 0.15) is 117 Å². The second-order valence-electron chi connectivity index (χ2n) is 7.59. The average Bonchev–Trinajstić information content (AvgIpc) is 2.58. The fourth-order valence-corrected chi connectivity index (χ4v) is 3.61. The summed E-state index contributed by atoms with van der Waals surface area (Å²) < 4.78 is 0. The summed E-state index contributed by atoms with van der Waals surface area (Å²) in [5.74, 6) is -0.894. The number of hydrogen-bond donors (Lipinski definition) is 0. The van der Waals surface area contributed by atoms with Crippen LogP contribution in [0, 0.1) is 0 Å². The normalized spacial score (nSPS) is 12.2. The van der Waals surface area contributed by atoms with Gasteiger partial charge in [-0.05, 0) is 32.4 Å². The predicted molar refractivity (Wildman–Crippen MR) is 107 cm³/mol. The van der Waals surface area contributed by atoms with E-state index in [1.807, 2.05) is 0 Å². The van der Waals surface area contributed by atoms with Gasteiger partial charge in [0.1, 0.15) is 0 Å². The second-order valence-corrected chi connectivity index (χ2v) is 7.59. The minimum Gasteiger partial charge on any atom is -0.550 e.